The van der Waals surface area contributed by atoms with Crippen molar-refractivity contribution >= 4 is 15.6 Å². The van der Waals surface area contributed by atoms with Crippen LogP contribution in [0.15, 0.2) is 18.2 Å². The quantitative estimate of drug-likeness (QED) is 0.726. The van der Waals surface area contributed by atoms with E-state index in [-0.39, 0.29) is 23.0 Å². The minimum atomic E-state index is -3.51. The molecule has 0 heterocycles. The molecule has 4 nitrogen and oxygen atoms in total. The smallest absolute Gasteiger partial charge is 0.181 e. The number of benzene rings is 1. The maximum Gasteiger partial charge on any atom is 0.181 e. The van der Waals surface area contributed by atoms with Gasteiger partial charge in [-0.3, -0.25) is 4.79 Å². The summed E-state index contributed by atoms with van der Waals surface area (Å²) < 4.78 is 42.0. The van der Waals surface area contributed by atoms with Gasteiger partial charge in [0.15, 0.2) is 15.6 Å². The third-order valence-corrected chi connectivity index (χ3v) is 4.83. The second kappa shape index (κ2) is 6.83. The summed E-state index contributed by atoms with van der Waals surface area (Å²) >= 11 is 0. The summed E-state index contributed by atoms with van der Waals surface area (Å²) in [6, 6.07) is 3.47. The molecule has 0 saturated carbocycles. The molecule has 1 aromatic carbocycles. The number of ether oxygens (including phenoxy) is 1. The summed E-state index contributed by atoms with van der Waals surface area (Å²) in [5.41, 5.74) is -0.0415. The lowest BCUT2D eigenvalue weighted by Gasteiger charge is -2.10. The summed E-state index contributed by atoms with van der Waals surface area (Å²) in [6.45, 7) is 3.70. The number of carbonyl (C=O) groups excluding carboxylic acids is 1. The van der Waals surface area contributed by atoms with Crippen molar-refractivity contribution in [1.82, 2.24) is 0 Å². The summed E-state index contributed by atoms with van der Waals surface area (Å²) in [5, 5.41) is 0. The van der Waals surface area contributed by atoms with Crippen LogP contribution in [-0.2, 0) is 9.84 Å². The molecular weight excluding hydrogens is 283 g/mol. The molecule has 0 saturated heterocycles. The third-order valence-electron chi connectivity index (χ3n) is 3.05. The van der Waals surface area contributed by atoms with Crippen molar-refractivity contribution in [3.63, 3.8) is 0 Å². The van der Waals surface area contributed by atoms with Gasteiger partial charge in [-0.1, -0.05) is 20.3 Å². The van der Waals surface area contributed by atoms with Crippen LogP contribution in [0.4, 0.5) is 4.39 Å². The van der Waals surface area contributed by atoms with Gasteiger partial charge in [0.1, 0.15) is 17.3 Å². The highest BCUT2D eigenvalue weighted by atomic mass is 32.2. The maximum atomic E-state index is 13.2. The summed E-state index contributed by atoms with van der Waals surface area (Å²) in [5.74, 6) is -1.76. The van der Waals surface area contributed by atoms with Crippen LogP contribution in [-0.4, -0.2) is 32.8 Å². The molecule has 0 aliphatic heterocycles. The number of rotatable bonds is 7. The van der Waals surface area contributed by atoms with Gasteiger partial charge in [-0.25, -0.2) is 12.8 Å². The van der Waals surface area contributed by atoms with Gasteiger partial charge in [0.25, 0.3) is 0 Å². The molecule has 0 aromatic heterocycles. The minimum Gasteiger partial charge on any atom is -0.496 e. The van der Waals surface area contributed by atoms with E-state index in [0.717, 1.165) is 18.6 Å². The van der Waals surface area contributed by atoms with Gasteiger partial charge < -0.3 is 4.74 Å². The Labute approximate surface area is 118 Å². The predicted octanol–water partition coefficient (Wildman–Crippen LogP) is 2.48. The molecule has 112 valence electrons. The van der Waals surface area contributed by atoms with Crippen LogP contribution in [0, 0.1) is 11.7 Å². The molecule has 6 heteroatoms. The van der Waals surface area contributed by atoms with Gasteiger partial charge >= 0.3 is 0 Å². The van der Waals surface area contributed by atoms with Crippen LogP contribution in [0.1, 0.15) is 30.6 Å². The van der Waals surface area contributed by atoms with Gasteiger partial charge in [-0.15, -0.1) is 0 Å². The van der Waals surface area contributed by atoms with E-state index in [9.17, 15) is 17.6 Å². The molecule has 1 unspecified atom stereocenters. The molecule has 0 amide bonds. The number of hydrogen-bond donors (Lipinski definition) is 0. The molecule has 0 N–H and O–H groups in total. The Balaban J connectivity index is 2.94. The highest BCUT2D eigenvalue weighted by Gasteiger charge is 2.22. The lowest BCUT2D eigenvalue weighted by molar-refractivity contribution is 0.101. The first-order valence-corrected chi connectivity index (χ1v) is 8.18. The zero-order chi connectivity index (χ0) is 15.3. The van der Waals surface area contributed by atoms with E-state index in [1.807, 2.05) is 13.8 Å². The van der Waals surface area contributed by atoms with Gasteiger partial charge in [0.2, 0.25) is 0 Å². The second-order valence-electron chi connectivity index (χ2n) is 4.84. The first-order chi connectivity index (χ1) is 9.29. The summed E-state index contributed by atoms with van der Waals surface area (Å²) in [7, 11) is -2.16. The molecule has 0 spiro atoms. The van der Waals surface area contributed by atoms with Gasteiger partial charge in [-0.2, -0.15) is 0 Å². The van der Waals surface area contributed by atoms with Crippen LogP contribution < -0.4 is 4.74 Å². The standard InChI is InChI=1S/C14H19FO4S/c1-4-10(2)8-20(17,18)9-13(16)12-7-11(15)5-6-14(12)19-3/h5-7,10H,4,8-9H2,1-3H3. The summed E-state index contributed by atoms with van der Waals surface area (Å²) in [4.78, 5) is 12.0. The highest BCUT2D eigenvalue weighted by molar-refractivity contribution is 7.92. The van der Waals surface area contributed by atoms with Crippen molar-refractivity contribution < 1.29 is 22.3 Å². The fourth-order valence-corrected chi connectivity index (χ4v) is 3.56. The minimum absolute atomic E-state index is 0.0118. The largest absolute Gasteiger partial charge is 0.496 e. The lowest BCUT2D eigenvalue weighted by atomic mass is 10.1. The van der Waals surface area contributed by atoms with Gasteiger partial charge in [0, 0.05) is 0 Å². The van der Waals surface area contributed by atoms with E-state index in [4.69, 9.17) is 4.74 Å². The molecule has 0 aliphatic rings. The zero-order valence-corrected chi connectivity index (χ0v) is 12.7. The number of ketones is 1. The van der Waals surface area contributed by atoms with E-state index in [0.29, 0.717) is 0 Å². The fraction of sp³-hybridized carbons (Fsp3) is 0.500. The molecule has 0 bridgehead atoms. The molecular formula is C14H19FO4S. The maximum absolute atomic E-state index is 13.2. The van der Waals surface area contributed by atoms with E-state index in [2.05, 4.69) is 0 Å². The average Bonchev–Trinajstić information content (AvgIpc) is 2.37. The molecule has 1 aromatic rings. The monoisotopic (exact) mass is 302 g/mol. The van der Waals surface area contributed by atoms with E-state index < -0.39 is 27.2 Å². The Morgan fingerprint density at radius 1 is 1.40 bits per heavy atom. The van der Waals surface area contributed by atoms with Crippen LogP contribution >= 0.6 is 0 Å². The Morgan fingerprint density at radius 3 is 2.60 bits per heavy atom. The van der Waals surface area contributed by atoms with Crippen LogP contribution in [0.5, 0.6) is 5.75 Å². The van der Waals surface area contributed by atoms with E-state index in [1.165, 1.54) is 13.2 Å². The Bertz CT molecular complexity index is 581. The van der Waals surface area contributed by atoms with Crippen molar-refractivity contribution in [3.05, 3.63) is 29.6 Å². The Hall–Kier alpha value is -1.43. The van der Waals surface area contributed by atoms with Crippen molar-refractivity contribution in [2.75, 3.05) is 18.6 Å². The van der Waals surface area contributed by atoms with Crippen molar-refractivity contribution in [1.29, 1.82) is 0 Å². The first-order valence-electron chi connectivity index (χ1n) is 6.36. The van der Waals surface area contributed by atoms with E-state index in [1.54, 1.807) is 0 Å². The van der Waals surface area contributed by atoms with Crippen LogP contribution in [0.25, 0.3) is 0 Å². The topological polar surface area (TPSA) is 60.4 Å². The lowest BCUT2D eigenvalue weighted by Crippen LogP contribution is -2.22. The second-order valence-corrected chi connectivity index (χ2v) is 6.94. The van der Waals surface area contributed by atoms with Crippen LogP contribution in [0.3, 0.4) is 0 Å². The predicted molar refractivity (Wildman–Crippen MR) is 75.4 cm³/mol. The molecule has 1 atom stereocenters. The highest BCUT2D eigenvalue weighted by Crippen LogP contribution is 2.21. The number of hydrogen-bond acceptors (Lipinski definition) is 4. The molecule has 0 fully saturated rings. The summed E-state index contributed by atoms with van der Waals surface area (Å²) in [6.07, 6.45) is 0.719. The average molecular weight is 302 g/mol. The molecule has 0 aliphatic carbocycles. The number of Topliss-reactive ketones (excluding diaryl/α,β-unsaturated/α-hetero) is 1. The number of sulfone groups is 1. The number of methoxy groups -OCH3 is 1. The Morgan fingerprint density at radius 2 is 2.05 bits per heavy atom. The number of halogens is 1. The van der Waals surface area contributed by atoms with Crippen molar-refractivity contribution in [2.45, 2.75) is 20.3 Å². The first kappa shape index (κ1) is 16.6. The molecule has 20 heavy (non-hydrogen) atoms. The molecule has 0 radical (unpaired) electrons. The van der Waals surface area contributed by atoms with Crippen molar-refractivity contribution in [2.24, 2.45) is 5.92 Å². The number of carbonyl (C=O) groups is 1. The van der Waals surface area contributed by atoms with Gasteiger partial charge in [0.05, 0.1) is 18.4 Å². The van der Waals surface area contributed by atoms with Gasteiger partial charge in [-0.05, 0) is 24.1 Å². The van der Waals surface area contributed by atoms with E-state index >= 15 is 0 Å². The fourth-order valence-electron chi connectivity index (χ4n) is 1.79. The SMILES string of the molecule is CCC(C)CS(=O)(=O)CC(=O)c1cc(F)ccc1OC. The third kappa shape index (κ3) is 4.59. The molecule has 1 rings (SSSR count). The van der Waals surface area contributed by atoms with Crippen molar-refractivity contribution in [3.8, 4) is 5.75 Å². The zero-order valence-electron chi connectivity index (χ0n) is 11.8. The normalized spacial score (nSPS) is 13.0. The Kier molecular flexibility index (Phi) is 5.68. The van der Waals surface area contributed by atoms with Crippen LogP contribution in [0.2, 0.25) is 0 Å².